The molecule has 2 aromatic rings. The number of para-hydroxylation sites is 1. The molecule has 0 bridgehead atoms. The number of anilines is 3. The highest BCUT2D eigenvalue weighted by atomic mass is 35.5. The van der Waals surface area contributed by atoms with E-state index in [0.717, 1.165) is 24.5 Å². The van der Waals surface area contributed by atoms with Crippen molar-refractivity contribution in [3.05, 3.63) is 53.6 Å². The molecule has 1 aliphatic rings. The van der Waals surface area contributed by atoms with E-state index in [0.29, 0.717) is 0 Å². The summed E-state index contributed by atoms with van der Waals surface area (Å²) in [6.07, 6.45) is 1.14. The van der Waals surface area contributed by atoms with Crippen molar-refractivity contribution in [3.8, 4) is 0 Å². The van der Waals surface area contributed by atoms with Crippen molar-refractivity contribution in [1.82, 2.24) is 0 Å². The van der Waals surface area contributed by atoms with Crippen LogP contribution in [0.4, 0.5) is 17.1 Å². The summed E-state index contributed by atoms with van der Waals surface area (Å²) in [7, 11) is 2.14. The van der Waals surface area contributed by atoms with Crippen LogP contribution >= 0.6 is 11.6 Å². The van der Waals surface area contributed by atoms with Gasteiger partial charge >= 0.3 is 0 Å². The zero-order valence-corrected chi connectivity index (χ0v) is 11.8. The number of rotatable bonds is 1. The highest BCUT2D eigenvalue weighted by Gasteiger charge is 2.19. The minimum absolute atomic E-state index is 0.787. The first-order chi connectivity index (χ1) is 9.25. The van der Waals surface area contributed by atoms with Gasteiger partial charge in [-0.05, 0) is 36.8 Å². The summed E-state index contributed by atoms with van der Waals surface area (Å²) in [6.45, 7) is 2.08. The zero-order valence-electron chi connectivity index (χ0n) is 11.0. The van der Waals surface area contributed by atoms with Gasteiger partial charge in [-0.1, -0.05) is 29.8 Å². The van der Waals surface area contributed by atoms with Crippen LogP contribution in [0.15, 0.2) is 48.5 Å². The molecule has 0 atom stereocenters. The molecule has 0 saturated heterocycles. The van der Waals surface area contributed by atoms with E-state index in [2.05, 4.69) is 53.2 Å². The Kier molecular flexibility index (Phi) is 3.34. The number of hydrogen-bond acceptors (Lipinski definition) is 2. The van der Waals surface area contributed by atoms with Crippen molar-refractivity contribution in [2.24, 2.45) is 0 Å². The summed E-state index contributed by atoms with van der Waals surface area (Å²) in [4.78, 5) is 4.65. The van der Waals surface area contributed by atoms with Crippen LogP contribution in [0.3, 0.4) is 0 Å². The highest BCUT2D eigenvalue weighted by Crippen LogP contribution is 2.37. The van der Waals surface area contributed by atoms with E-state index in [4.69, 9.17) is 11.6 Å². The number of hydrogen-bond donors (Lipinski definition) is 0. The van der Waals surface area contributed by atoms with Gasteiger partial charge in [-0.2, -0.15) is 0 Å². The quantitative estimate of drug-likeness (QED) is 0.763. The number of benzene rings is 2. The van der Waals surface area contributed by atoms with Gasteiger partial charge in [0, 0.05) is 30.8 Å². The lowest BCUT2D eigenvalue weighted by Gasteiger charge is -2.26. The zero-order chi connectivity index (χ0) is 13.2. The van der Waals surface area contributed by atoms with Crippen molar-refractivity contribution >= 4 is 28.7 Å². The van der Waals surface area contributed by atoms with Gasteiger partial charge in [0.15, 0.2) is 0 Å². The maximum absolute atomic E-state index is 6.19. The van der Waals surface area contributed by atoms with Crippen molar-refractivity contribution in [2.75, 3.05) is 29.9 Å². The molecule has 1 heterocycles. The molecule has 1 aliphatic heterocycles. The summed E-state index contributed by atoms with van der Waals surface area (Å²) in [5.41, 5.74) is 3.66. The minimum Gasteiger partial charge on any atom is -0.373 e. The summed E-state index contributed by atoms with van der Waals surface area (Å²) in [5.74, 6) is 0. The fourth-order valence-electron chi connectivity index (χ4n) is 2.62. The van der Waals surface area contributed by atoms with Crippen LogP contribution in [0.2, 0.25) is 5.02 Å². The molecule has 0 spiro atoms. The Morgan fingerprint density at radius 2 is 1.74 bits per heavy atom. The molecule has 0 amide bonds. The topological polar surface area (TPSA) is 6.48 Å². The van der Waals surface area contributed by atoms with Crippen molar-refractivity contribution < 1.29 is 0 Å². The third kappa shape index (κ3) is 2.41. The van der Waals surface area contributed by atoms with Crippen molar-refractivity contribution in [1.29, 1.82) is 0 Å². The van der Waals surface area contributed by atoms with Gasteiger partial charge in [-0.15, -0.1) is 0 Å². The molecule has 0 saturated carbocycles. The Morgan fingerprint density at radius 1 is 0.947 bits per heavy atom. The van der Waals surface area contributed by atoms with Gasteiger partial charge in [0.1, 0.15) is 0 Å². The fraction of sp³-hybridized carbons (Fsp3) is 0.250. The minimum atomic E-state index is 0.787. The standard InChI is InChI=1S/C16H17ClN2/c1-18-10-5-11-19(14-6-3-2-4-7-14)16-12-13(17)8-9-15(16)18/h2-4,6-9,12H,5,10-11H2,1H3. The van der Waals surface area contributed by atoms with Crippen LogP contribution in [-0.2, 0) is 0 Å². The molecule has 3 heteroatoms. The maximum atomic E-state index is 6.19. The normalized spacial score (nSPS) is 15.1. The van der Waals surface area contributed by atoms with Crippen LogP contribution < -0.4 is 9.80 Å². The highest BCUT2D eigenvalue weighted by molar-refractivity contribution is 6.31. The Morgan fingerprint density at radius 3 is 2.53 bits per heavy atom. The van der Waals surface area contributed by atoms with Crippen LogP contribution in [-0.4, -0.2) is 20.1 Å². The maximum Gasteiger partial charge on any atom is 0.0663 e. The smallest absolute Gasteiger partial charge is 0.0663 e. The molecule has 2 nitrogen and oxygen atoms in total. The van der Waals surface area contributed by atoms with Gasteiger partial charge in [0.2, 0.25) is 0 Å². The monoisotopic (exact) mass is 272 g/mol. The Hall–Kier alpha value is -1.67. The first-order valence-electron chi connectivity index (χ1n) is 6.59. The lowest BCUT2D eigenvalue weighted by molar-refractivity contribution is 0.806. The summed E-state index contributed by atoms with van der Waals surface area (Å²) < 4.78 is 0. The SMILES string of the molecule is CN1CCCN(c2ccccc2)c2cc(Cl)ccc21. The third-order valence-electron chi connectivity index (χ3n) is 3.58. The molecule has 0 unspecified atom stereocenters. The molecular weight excluding hydrogens is 256 g/mol. The third-order valence-corrected chi connectivity index (χ3v) is 3.82. The first kappa shape index (κ1) is 12.4. The Bertz CT molecular complexity index is 568. The predicted molar refractivity (Wildman–Crippen MR) is 82.8 cm³/mol. The molecular formula is C16H17ClN2. The molecule has 98 valence electrons. The first-order valence-corrected chi connectivity index (χ1v) is 6.97. The number of fused-ring (bicyclic) bond motifs is 1. The van der Waals surface area contributed by atoms with Crippen LogP contribution in [0.5, 0.6) is 0 Å². The predicted octanol–water partition coefficient (Wildman–Crippen LogP) is 4.32. The lowest BCUT2D eigenvalue weighted by atomic mass is 10.2. The lowest BCUT2D eigenvalue weighted by Crippen LogP contribution is -2.17. The average molecular weight is 273 g/mol. The molecule has 0 fully saturated rings. The summed E-state index contributed by atoms with van der Waals surface area (Å²) in [5, 5.41) is 0.787. The largest absolute Gasteiger partial charge is 0.373 e. The van der Waals surface area contributed by atoms with Crippen molar-refractivity contribution in [3.63, 3.8) is 0 Å². The van der Waals surface area contributed by atoms with Gasteiger partial charge < -0.3 is 9.80 Å². The van der Waals surface area contributed by atoms with E-state index in [9.17, 15) is 0 Å². The second-order valence-electron chi connectivity index (χ2n) is 4.90. The second-order valence-corrected chi connectivity index (χ2v) is 5.33. The van der Waals surface area contributed by atoms with E-state index in [1.165, 1.54) is 17.1 Å². The molecule has 2 aromatic carbocycles. The van der Waals surface area contributed by atoms with Gasteiger partial charge in [-0.3, -0.25) is 0 Å². The van der Waals surface area contributed by atoms with E-state index < -0.39 is 0 Å². The summed E-state index contributed by atoms with van der Waals surface area (Å²) in [6, 6.07) is 16.6. The molecule has 0 aromatic heterocycles. The number of nitrogens with zero attached hydrogens (tertiary/aromatic N) is 2. The molecule has 0 N–H and O–H groups in total. The summed E-state index contributed by atoms with van der Waals surface area (Å²) >= 11 is 6.19. The molecule has 0 radical (unpaired) electrons. The van der Waals surface area contributed by atoms with Crippen molar-refractivity contribution in [2.45, 2.75) is 6.42 Å². The fourth-order valence-corrected chi connectivity index (χ4v) is 2.78. The average Bonchev–Trinajstić information content (AvgIpc) is 2.59. The van der Waals surface area contributed by atoms with E-state index in [-0.39, 0.29) is 0 Å². The molecule has 3 rings (SSSR count). The number of halogens is 1. The van der Waals surface area contributed by atoms with E-state index in [1.54, 1.807) is 0 Å². The Labute approximate surface area is 119 Å². The van der Waals surface area contributed by atoms with Crippen LogP contribution in [0.1, 0.15) is 6.42 Å². The van der Waals surface area contributed by atoms with E-state index in [1.807, 2.05) is 12.1 Å². The second kappa shape index (κ2) is 5.14. The van der Waals surface area contributed by atoms with E-state index >= 15 is 0 Å². The van der Waals surface area contributed by atoms with Crippen LogP contribution in [0, 0.1) is 0 Å². The van der Waals surface area contributed by atoms with Crippen LogP contribution in [0.25, 0.3) is 0 Å². The molecule has 0 aliphatic carbocycles. The molecule has 19 heavy (non-hydrogen) atoms. The van der Waals surface area contributed by atoms with Gasteiger partial charge in [0.25, 0.3) is 0 Å². The van der Waals surface area contributed by atoms with Gasteiger partial charge in [0.05, 0.1) is 11.4 Å². The van der Waals surface area contributed by atoms with Gasteiger partial charge in [-0.25, -0.2) is 0 Å². The Balaban J connectivity index is 2.12.